The molecule has 0 saturated carbocycles. The second kappa shape index (κ2) is 6.53. The van der Waals surface area contributed by atoms with Gasteiger partial charge in [-0.2, -0.15) is 5.10 Å². The van der Waals surface area contributed by atoms with E-state index in [0.29, 0.717) is 5.82 Å². The van der Waals surface area contributed by atoms with Crippen molar-refractivity contribution in [1.82, 2.24) is 25.1 Å². The van der Waals surface area contributed by atoms with E-state index >= 15 is 0 Å². The first-order valence-corrected chi connectivity index (χ1v) is 9.84. The van der Waals surface area contributed by atoms with Crippen LogP contribution in [0.3, 0.4) is 0 Å². The monoisotopic (exact) mass is 356 g/mol. The number of benzene rings is 1. The van der Waals surface area contributed by atoms with E-state index in [1.54, 1.807) is 6.26 Å². The highest BCUT2D eigenvalue weighted by Gasteiger charge is 2.23. The molecule has 0 aliphatic carbocycles. The van der Waals surface area contributed by atoms with Gasteiger partial charge >= 0.3 is 0 Å². The Morgan fingerprint density at radius 1 is 1.28 bits per heavy atom. The van der Waals surface area contributed by atoms with Gasteiger partial charge in [-0.3, -0.25) is 4.21 Å². The number of nitrogens with zero attached hydrogens (tertiary/aromatic N) is 4. The van der Waals surface area contributed by atoms with Crippen LogP contribution in [0, 0.1) is 0 Å². The molecule has 7 nitrogen and oxygen atoms in total. The molecule has 2 atom stereocenters. The van der Waals surface area contributed by atoms with Crippen molar-refractivity contribution in [3.8, 4) is 11.3 Å². The van der Waals surface area contributed by atoms with Gasteiger partial charge in [-0.15, -0.1) is 0 Å². The minimum Gasteiger partial charge on any atom is -0.383 e. The molecule has 0 radical (unpaired) electrons. The lowest BCUT2D eigenvalue weighted by Crippen LogP contribution is -2.32. The van der Waals surface area contributed by atoms with Crippen molar-refractivity contribution in [2.75, 3.05) is 25.1 Å². The third-order valence-electron chi connectivity index (χ3n) is 4.59. The Labute approximate surface area is 148 Å². The fraction of sp³-hybridized carbons (Fsp3) is 0.353. The summed E-state index contributed by atoms with van der Waals surface area (Å²) >= 11 is 0. The Balaban J connectivity index is 1.87. The highest BCUT2D eigenvalue weighted by Crippen LogP contribution is 2.33. The van der Waals surface area contributed by atoms with Crippen LogP contribution in [0.2, 0.25) is 0 Å². The summed E-state index contributed by atoms with van der Waals surface area (Å²) in [4.78, 5) is 9.37. The van der Waals surface area contributed by atoms with Crippen molar-refractivity contribution < 1.29 is 4.21 Å². The largest absolute Gasteiger partial charge is 0.383 e. The van der Waals surface area contributed by atoms with Gasteiger partial charge in [-0.1, -0.05) is 12.1 Å². The summed E-state index contributed by atoms with van der Waals surface area (Å²) in [7, 11) is -1.01. The maximum absolute atomic E-state index is 11.6. The zero-order chi connectivity index (χ0) is 17.4. The minimum absolute atomic E-state index is 0.252. The quantitative estimate of drug-likeness (QED) is 0.742. The van der Waals surface area contributed by atoms with E-state index in [9.17, 15) is 4.21 Å². The average molecular weight is 356 g/mol. The number of fused-ring (bicyclic) bond motifs is 1. The zero-order valence-corrected chi connectivity index (χ0v) is 14.8. The number of nitrogens with two attached hydrogens (primary N) is 1. The third kappa shape index (κ3) is 2.91. The number of nitrogens with one attached hydrogen (secondary N) is 1. The van der Waals surface area contributed by atoms with E-state index in [-0.39, 0.29) is 6.04 Å². The van der Waals surface area contributed by atoms with Crippen molar-refractivity contribution in [3.05, 3.63) is 30.6 Å². The molecule has 1 aliphatic rings. The highest BCUT2D eigenvalue weighted by molar-refractivity contribution is 7.84. The van der Waals surface area contributed by atoms with Crippen molar-refractivity contribution in [2.24, 2.45) is 0 Å². The topological polar surface area (TPSA) is 98.7 Å². The fourth-order valence-electron chi connectivity index (χ4n) is 3.30. The van der Waals surface area contributed by atoms with Crippen LogP contribution >= 0.6 is 0 Å². The molecule has 130 valence electrons. The lowest BCUT2D eigenvalue weighted by molar-refractivity contribution is 0.354. The van der Waals surface area contributed by atoms with Crippen molar-refractivity contribution in [2.45, 2.75) is 23.8 Å². The summed E-state index contributed by atoms with van der Waals surface area (Å²) in [6.45, 7) is 1.91. The smallest absolute Gasteiger partial charge is 0.164 e. The van der Waals surface area contributed by atoms with Crippen LogP contribution in [0.4, 0.5) is 5.82 Å². The molecule has 1 unspecified atom stereocenters. The Morgan fingerprint density at radius 3 is 2.76 bits per heavy atom. The van der Waals surface area contributed by atoms with E-state index in [0.717, 1.165) is 53.1 Å². The summed E-state index contributed by atoms with van der Waals surface area (Å²) in [5.41, 5.74) is 8.60. The van der Waals surface area contributed by atoms with Gasteiger partial charge in [0.05, 0.1) is 11.4 Å². The summed E-state index contributed by atoms with van der Waals surface area (Å²) in [5.74, 6) is 0.429. The predicted octanol–water partition coefficient (Wildman–Crippen LogP) is 1.74. The van der Waals surface area contributed by atoms with Gasteiger partial charge in [0.25, 0.3) is 0 Å². The Hall–Kier alpha value is -2.32. The van der Waals surface area contributed by atoms with Crippen LogP contribution < -0.4 is 11.1 Å². The summed E-state index contributed by atoms with van der Waals surface area (Å²) in [6.07, 6.45) is 5.32. The van der Waals surface area contributed by atoms with Gasteiger partial charge in [0.15, 0.2) is 5.65 Å². The molecule has 1 saturated heterocycles. The maximum Gasteiger partial charge on any atom is 0.164 e. The molecule has 3 aromatic rings. The number of rotatable bonds is 3. The van der Waals surface area contributed by atoms with Gasteiger partial charge in [0, 0.05) is 34.1 Å². The van der Waals surface area contributed by atoms with Crippen LogP contribution in [-0.2, 0) is 10.8 Å². The summed E-state index contributed by atoms with van der Waals surface area (Å²) in [5, 5.41) is 9.03. The number of anilines is 1. The van der Waals surface area contributed by atoms with Crippen LogP contribution in [0.15, 0.2) is 35.5 Å². The van der Waals surface area contributed by atoms with Gasteiger partial charge in [-0.25, -0.2) is 14.6 Å². The van der Waals surface area contributed by atoms with E-state index in [2.05, 4.69) is 15.3 Å². The Kier molecular flexibility index (Phi) is 4.22. The normalized spacial score (nSPS) is 19.2. The summed E-state index contributed by atoms with van der Waals surface area (Å²) < 4.78 is 13.6. The summed E-state index contributed by atoms with van der Waals surface area (Å²) in [6, 6.07) is 7.82. The van der Waals surface area contributed by atoms with E-state index in [4.69, 9.17) is 10.8 Å². The number of hydrogen-bond acceptors (Lipinski definition) is 6. The molecule has 0 bridgehead atoms. The predicted molar refractivity (Wildman–Crippen MR) is 98.6 cm³/mol. The number of nitrogen functional groups attached to an aromatic ring is 1. The molecule has 2 aromatic heterocycles. The molecule has 0 amide bonds. The molecule has 1 aliphatic heterocycles. The van der Waals surface area contributed by atoms with E-state index < -0.39 is 10.8 Å². The second-order valence-corrected chi connectivity index (χ2v) is 7.61. The molecular weight excluding hydrogens is 336 g/mol. The van der Waals surface area contributed by atoms with Gasteiger partial charge in [-0.05, 0) is 31.5 Å². The van der Waals surface area contributed by atoms with E-state index in [1.165, 1.54) is 6.33 Å². The van der Waals surface area contributed by atoms with Gasteiger partial charge in [0.2, 0.25) is 0 Å². The minimum atomic E-state index is -1.01. The molecule has 0 spiro atoms. The molecule has 3 heterocycles. The lowest BCUT2D eigenvalue weighted by Gasteiger charge is -2.23. The second-order valence-electron chi connectivity index (χ2n) is 6.23. The average Bonchev–Trinajstić information content (AvgIpc) is 3.03. The number of aromatic nitrogens is 4. The van der Waals surface area contributed by atoms with Crippen LogP contribution in [0.5, 0.6) is 0 Å². The van der Waals surface area contributed by atoms with E-state index in [1.807, 2.05) is 28.9 Å². The Morgan fingerprint density at radius 2 is 2.08 bits per heavy atom. The van der Waals surface area contributed by atoms with Crippen molar-refractivity contribution in [1.29, 1.82) is 0 Å². The Bertz CT molecular complexity index is 930. The van der Waals surface area contributed by atoms with Crippen molar-refractivity contribution in [3.63, 3.8) is 0 Å². The molecule has 1 aromatic carbocycles. The van der Waals surface area contributed by atoms with Crippen LogP contribution in [-0.4, -0.2) is 43.3 Å². The first kappa shape index (κ1) is 16.2. The molecule has 3 N–H and O–H groups in total. The van der Waals surface area contributed by atoms with Crippen molar-refractivity contribution >= 4 is 27.7 Å². The van der Waals surface area contributed by atoms with Crippen LogP contribution in [0.1, 0.15) is 18.9 Å². The van der Waals surface area contributed by atoms with Gasteiger partial charge in [0.1, 0.15) is 17.8 Å². The number of hydrogen-bond donors (Lipinski definition) is 2. The lowest BCUT2D eigenvalue weighted by atomic mass is 10.1. The maximum atomic E-state index is 11.6. The molecule has 4 rings (SSSR count). The molecular formula is C17H20N6OS. The van der Waals surface area contributed by atoms with Crippen LogP contribution in [0.25, 0.3) is 22.3 Å². The number of piperidine rings is 1. The SMILES string of the molecule is CS(=O)c1ccc(-c2nn([C@@H]3CCCNC3)c3ncnc(N)c23)cc1. The first-order valence-electron chi connectivity index (χ1n) is 8.28. The highest BCUT2D eigenvalue weighted by atomic mass is 32.2. The zero-order valence-electron chi connectivity index (χ0n) is 14.0. The fourth-order valence-corrected chi connectivity index (χ4v) is 3.82. The molecule has 1 fully saturated rings. The first-order chi connectivity index (χ1) is 12.1. The molecule has 8 heteroatoms. The molecule has 25 heavy (non-hydrogen) atoms. The standard InChI is InChI=1S/C17H20N6OS/c1-25(24)13-6-4-11(5-7-13)15-14-16(18)20-10-21-17(14)23(22-15)12-3-2-8-19-9-12/h4-7,10,12,19H,2-3,8-9H2,1H3,(H2,18,20,21)/t12-,25?/m1/s1. The van der Waals surface area contributed by atoms with Gasteiger partial charge < -0.3 is 11.1 Å². The third-order valence-corrected chi connectivity index (χ3v) is 5.53.